The molecule has 1 aliphatic rings. The molecule has 0 amide bonds. The highest BCUT2D eigenvalue weighted by Crippen LogP contribution is 2.25. The lowest BCUT2D eigenvalue weighted by atomic mass is 10.1. The van der Waals surface area contributed by atoms with E-state index in [4.69, 9.17) is 4.74 Å². The quantitative estimate of drug-likeness (QED) is 0.864. The Labute approximate surface area is 104 Å². The Morgan fingerprint density at radius 1 is 1.47 bits per heavy atom. The molecule has 1 aliphatic heterocycles. The molecule has 0 aromatic heterocycles. The van der Waals surface area contributed by atoms with Crippen LogP contribution in [0, 0.1) is 6.92 Å². The van der Waals surface area contributed by atoms with Gasteiger partial charge < -0.3 is 15.0 Å². The largest absolute Gasteiger partial charge is 0.494 e. The first-order chi connectivity index (χ1) is 8.22. The summed E-state index contributed by atoms with van der Waals surface area (Å²) < 4.78 is 5.57. The molecule has 0 saturated carbocycles. The zero-order chi connectivity index (χ0) is 12.3. The predicted molar refractivity (Wildman–Crippen MR) is 72.0 cm³/mol. The highest BCUT2D eigenvalue weighted by atomic mass is 16.5. The minimum absolute atomic E-state index is 0.618. The van der Waals surface area contributed by atoms with Gasteiger partial charge in [-0.05, 0) is 50.6 Å². The second kappa shape index (κ2) is 5.41. The molecule has 1 N–H and O–H groups in total. The van der Waals surface area contributed by atoms with Crippen LogP contribution in [0.25, 0.3) is 0 Å². The van der Waals surface area contributed by atoms with Crippen molar-refractivity contribution >= 4 is 5.69 Å². The fourth-order valence-corrected chi connectivity index (χ4v) is 2.35. The molecule has 3 heteroatoms. The van der Waals surface area contributed by atoms with Crippen molar-refractivity contribution in [3.8, 4) is 5.75 Å². The summed E-state index contributed by atoms with van der Waals surface area (Å²) in [7, 11) is 2.17. The van der Waals surface area contributed by atoms with Crippen LogP contribution in [0.3, 0.4) is 0 Å². The zero-order valence-electron chi connectivity index (χ0n) is 11.0. The van der Waals surface area contributed by atoms with E-state index in [1.54, 1.807) is 0 Å². The second-order valence-electron chi connectivity index (χ2n) is 4.64. The fourth-order valence-electron chi connectivity index (χ4n) is 2.35. The van der Waals surface area contributed by atoms with E-state index in [1.165, 1.54) is 17.7 Å². The van der Waals surface area contributed by atoms with E-state index in [2.05, 4.69) is 42.4 Å². The van der Waals surface area contributed by atoms with Gasteiger partial charge in [-0.25, -0.2) is 0 Å². The van der Waals surface area contributed by atoms with Crippen LogP contribution in [0.2, 0.25) is 0 Å². The first-order valence-electron chi connectivity index (χ1n) is 6.39. The number of hydrogen-bond donors (Lipinski definition) is 1. The first kappa shape index (κ1) is 12.2. The van der Waals surface area contributed by atoms with Crippen molar-refractivity contribution in [1.29, 1.82) is 0 Å². The van der Waals surface area contributed by atoms with Gasteiger partial charge in [-0.3, -0.25) is 0 Å². The molecule has 0 aliphatic carbocycles. The van der Waals surface area contributed by atoms with Gasteiger partial charge in [-0.1, -0.05) is 0 Å². The number of likely N-dealkylation sites (N-methyl/N-ethyl adjacent to an activating group) is 1. The van der Waals surface area contributed by atoms with Gasteiger partial charge in [0.1, 0.15) is 5.75 Å². The smallest absolute Gasteiger partial charge is 0.122 e. The molecule has 0 bridgehead atoms. The summed E-state index contributed by atoms with van der Waals surface area (Å²) in [5, 5.41) is 3.40. The van der Waals surface area contributed by atoms with Crippen LogP contribution in [0.4, 0.5) is 5.69 Å². The maximum Gasteiger partial charge on any atom is 0.122 e. The molecular formula is C14H22N2O. The molecule has 1 unspecified atom stereocenters. The summed E-state index contributed by atoms with van der Waals surface area (Å²) in [5.41, 5.74) is 2.49. The van der Waals surface area contributed by atoms with E-state index < -0.39 is 0 Å². The van der Waals surface area contributed by atoms with Gasteiger partial charge in [0, 0.05) is 25.3 Å². The van der Waals surface area contributed by atoms with Crippen molar-refractivity contribution < 1.29 is 4.74 Å². The van der Waals surface area contributed by atoms with E-state index in [1.807, 2.05) is 6.92 Å². The Bertz CT molecular complexity index is 372. The summed E-state index contributed by atoms with van der Waals surface area (Å²) in [6, 6.07) is 7.06. The van der Waals surface area contributed by atoms with Gasteiger partial charge in [0.2, 0.25) is 0 Å². The van der Waals surface area contributed by atoms with E-state index in [0.717, 1.165) is 25.4 Å². The van der Waals surface area contributed by atoms with Crippen LogP contribution in [0.1, 0.15) is 18.9 Å². The summed E-state index contributed by atoms with van der Waals surface area (Å²) in [4.78, 5) is 2.36. The highest BCUT2D eigenvalue weighted by molar-refractivity contribution is 5.53. The number of hydrogen-bond acceptors (Lipinski definition) is 3. The highest BCUT2D eigenvalue weighted by Gasteiger charge is 2.19. The van der Waals surface area contributed by atoms with Crippen molar-refractivity contribution in [3.05, 3.63) is 23.8 Å². The summed E-state index contributed by atoms with van der Waals surface area (Å²) >= 11 is 0. The molecule has 3 nitrogen and oxygen atoms in total. The van der Waals surface area contributed by atoms with Crippen LogP contribution in [0.15, 0.2) is 18.2 Å². The van der Waals surface area contributed by atoms with Gasteiger partial charge in [0.15, 0.2) is 0 Å². The topological polar surface area (TPSA) is 24.5 Å². The van der Waals surface area contributed by atoms with Gasteiger partial charge >= 0.3 is 0 Å². The fraction of sp³-hybridized carbons (Fsp3) is 0.571. The number of nitrogens with one attached hydrogen (secondary N) is 1. The van der Waals surface area contributed by atoms with Crippen LogP contribution in [-0.4, -0.2) is 32.8 Å². The van der Waals surface area contributed by atoms with Gasteiger partial charge in [-0.15, -0.1) is 0 Å². The molecule has 0 radical (unpaired) electrons. The van der Waals surface area contributed by atoms with Gasteiger partial charge in [0.05, 0.1) is 6.61 Å². The predicted octanol–water partition coefficient (Wildman–Crippen LogP) is 2.19. The van der Waals surface area contributed by atoms with Crippen LogP contribution in [0.5, 0.6) is 5.75 Å². The lowest BCUT2D eigenvalue weighted by Crippen LogP contribution is -2.33. The third-order valence-corrected chi connectivity index (χ3v) is 3.45. The van der Waals surface area contributed by atoms with Crippen molar-refractivity contribution in [1.82, 2.24) is 5.32 Å². The lowest BCUT2D eigenvalue weighted by Gasteiger charge is -2.26. The molecular weight excluding hydrogens is 212 g/mol. The monoisotopic (exact) mass is 234 g/mol. The summed E-state index contributed by atoms with van der Waals surface area (Å²) in [6.45, 7) is 7.06. The number of nitrogens with zero attached hydrogens (tertiary/aromatic N) is 1. The maximum absolute atomic E-state index is 5.57. The minimum Gasteiger partial charge on any atom is -0.494 e. The van der Waals surface area contributed by atoms with E-state index in [-0.39, 0.29) is 0 Å². The van der Waals surface area contributed by atoms with E-state index >= 15 is 0 Å². The number of anilines is 1. The molecule has 2 rings (SSSR count). The zero-order valence-corrected chi connectivity index (χ0v) is 11.0. The van der Waals surface area contributed by atoms with Crippen LogP contribution in [-0.2, 0) is 0 Å². The molecule has 1 saturated heterocycles. The van der Waals surface area contributed by atoms with Gasteiger partial charge in [-0.2, -0.15) is 0 Å². The first-order valence-corrected chi connectivity index (χ1v) is 6.39. The number of rotatable bonds is 4. The summed E-state index contributed by atoms with van der Waals surface area (Å²) in [5.74, 6) is 0.995. The molecule has 94 valence electrons. The second-order valence-corrected chi connectivity index (χ2v) is 4.64. The van der Waals surface area contributed by atoms with Crippen molar-refractivity contribution in [3.63, 3.8) is 0 Å². The molecule has 0 spiro atoms. The number of aryl methyl sites for hydroxylation is 1. The molecule has 1 atom stereocenters. The Balaban J connectivity index is 2.12. The Morgan fingerprint density at radius 2 is 2.29 bits per heavy atom. The van der Waals surface area contributed by atoms with Gasteiger partial charge in [0.25, 0.3) is 0 Å². The minimum atomic E-state index is 0.618. The molecule has 17 heavy (non-hydrogen) atoms. The molecule has 1 aromatic carbocycles. The number of ether oxygens (including phenoxy) is 1. The Hall–Kier alpha value is -1.22. The summed E-state index contributed by atoms with van der Waals surface area (Å²) in [6.07, 6.45) is 1.22. The molecule has 1 aromatic rings. The van der Waals surface area contributed by atoms with Crippen LogP contribution >= 0.6 is 0 Å². The third kappa shape index (κ3) is 2.72. The average Bonchev–Trinajstić information content (AvgIpc) is 2.84. The van der Waals surface area contributed by atoms with Crippen molar-refractivity contribution in [2.24, 2.45) is 0 Å². The van der Waals surface area contributed by atoms with E-state index in [0.29, 0.717) is 6.04 Å². The third-order valence-electron chi connectivity index (χ3n) is 3.45. The van der Waals surface area contributed by atoms with E-state index in [9.17, 15) is 0 Å². The Kier molecular flexibility index (Phi) is 3.89. The normalized spacial score (nSPS) is 19.4. The lowest BCUT2D eigenvalue weighted by molar-refractivity contribution is 0.338. The standard InChI is InChI=1S/C14H22N2O/c1-4-17-14-6-5-12(9-11(14)2)16(3)13-7-8-15-10-13/h5-6,9,13,15H,4,7-8,10H2,1-3H3. The van der Waals surface area contributed by atoms with Crippen molar-refractivity contribution in [2.75, 3.05) is 31.6 Å². The molecule has 1 heterocycles. The van der Waals surface area contributed by atoms with Crippen LogP contribution < -0.4 is 15.0 Å². The maximum atomic E-state index is 5.57. The average molecular weight is 234 g/mol. The Morgan fingerprint density at radius 3 is 2.88 bits per heavy atom. The molecule has 1 fully saturated rings. The van der Waals surface area contributed by atoms with Crippen molar-refractivity contribution in [2.45, 2.75) is 26.3 Å². The SMILES string of the molecule is CCOc1ccc(N(C)C2CCNC2)cc1C. The number of benzene rings is 1.